The highest BCUT2D eigenvalue weighted by Crippen LogP contribution is 2.23. The molecule has 1 saturated heterocycles. The van der Waals surface area contributed by atoms with Gasteiger partial charge in [-0.15, -0.1) is 0 Å². The fourth-order valence-corrected chi connectivity index (χ4v) is 1.74. The maximum atomic E-state index is 12.1. The Morgan fingerprint density at radius 3 is 3.00 bits per heavy atom. The second kappa shape index (κ2) is 4.93. The number of aromatic amines is 1. The summed E-state index contributed by atoms with van der Waals surface area (Å²) in [5.41, 5.74) is -0.513. The van der Waals surface area contributed by atoms with E-state index < -0.39 is 5.60 Å². The third kappa shape index (κ3) is 2.98. The SMILES string of the molecule is CC(C)(C)OC(=O)N1CCOC[C@@H]1c1ncn[nH]1. The molecule has 1 aliphatic rings. The van der Waals surface area contributed by atoms with Gasteiger partial charge in [0.2, 0.25) is 0 Å². The maximum absolute atomic E-state index is 12.1. The van der Waals surface area contributed by atoms with E-state index in [0.717, 1.165) is 0 Å². The predicted octanol–water partition coefficient (Wildman–Crippen LogP) is 1.11. The molecule has 0 unspecified atom stereocenters. The minimum absolute atomic E-state index is 0.268. The lowest BCUT2D eigenvalue weighted by atomic mass is 10.2. The van der Waals surface area contributed by atoms with Crippen LogP contribution in [0.5, 0.6) is 0 Å². The summed E-state index contributed by atoms with van der Waals surface area (Å²) in [4.78, 5) is 17.8. The normalized spacial score (nSPS) is 20.8. The van der Waals surface area contributed by atoms with Gasteiger partial charge >= 0.3 is 6.09 Å². The molecule has 0 aliphatic carbocycles. The number of carbonyl (C=O) groups excluding carboxylic acids is 1. The molecule has 0 radical (unpaired) electrons. The van der Waals surface area contributed by atoms with Crippen molar-refractivity contribution in [1.29, 1.82) is 0 Å². The van der Waals surface area contributed by atoms with E-state index in [2.05, 4.69) is 15.2 Å². The molecule has 7 nitrogen and oxygen atoms in total. The molecule has 7 heteroatoms. The third-order valence-electron chi connectivity index (χ3n) is 2.51. The third-order valence-corrected chi connectivity index (χ3v) is 2.51. The van der Waals surface area contributed by atoms with Crippen LogP contribution in [0.1, 0.15) is 32.6 Å². The molecule has 1 aromatic rings. The molecule has 1 fully saturated rings. The molecule has 1 N–H and O–H groups in total. The van der Waals surface area contributed by atoms with Gasteiger partial charge in [0.05, 0.1) is 13.2 Å². The molecule has 1 aliphatic heterocycles. The summed E-state index contributed by atoms with van der Waals surface area (Å²) in [6.45, 7) is 6.91. The van der Waals surface area contributed by atoms with Crippen molar-refractivity contribution in [2.24, 2.45) is 0 Å². The second-order valence-corrected chi connectivity index (χ2v) is 5.14. The maximum Gasteiger partial charge on any atom is 0.411 e. The first-order valence-corrected chi connectivity index (χ1v) is 5.90. The molecular formula is C11H18N4O3. The summed E-state index contributed by atoms with van der Waals surface area (Å²) in [6, 6.07) is -0.268. The standard InChI is InChI=1S/C11H18N4O3/c1-11(2,3)18-10(16)15-4-5-17-6-8(15)9-12-7-13-14-9/h7-8H,4-6H2,1-3H3,(H,12,13,14)/t8-/m1/s1. The van der Waals surface area contributed by atoms with Crippen LogP contribution in [-0.4, -0.2) is 51.5 Å². The topological polar surface area (TPSA) is 80.3 Å². The number of nitrogens with one attached hydrogen (secondary N) is 1. The van der Waals surface area contributed by atoms with Gasteiger partial charge in [-0.3, -0.25) is 10.00 Å². The molecular weight excluding hydrogens is 236 g/mol. The summed E-state index contributed by atoms with van der Waals surface area (Å²) in [5.74, 6) is 0.612. The van der Waals surface area contributed by atoms with E-state index in [1.165, 1.54) is 6.33 Å². The summed E-state index contributed by atoms with van der Waals surface area (Å²) in [7, 11) is 0. The number of hydrogen-bond acceptors (Lipinski definition) is 5. The highest BCUT2D eigenvalue weighted by Gasteiger charge is 2.33. The van der Waals surface area contributed by atoms with Crippen molar-refractivity contribution in [2.75, 3.05) is 19.8 Å². The van der Waals surface area contributed by atoms with Crippen LogP contribution in [0.3, 0.4) is 0 Å². The minimum Gasteiger partial charge on any atom is -0.444 e. The number of morpholine rings is 1. The van der Waals surface area contributed by atoms with Gasteiger partial charge < -0.3 is 9.47 Å². The van der Waals surface area contributed by atoms with Crippen LogP contribution in [0, 0.1) is 0 Å². The number of carbonyl (C=O) groups is 1. The van der Waals surface area contributed by atoms with Crippen LogP contribution in [0.15, 0.2) is 6.33 Å². The van der Waals surface area contributed by atoms with Gasteiger partial charge in [-0.05, 0) is 20.8 Å². The lowest BCUT2D eigenvalue weighted by Gasteiger charge is -2.35. The Hall–Kier alpha value is -1.63. The Bertz CT molecular complexity index is 399. The molecule has 1 aromatic heterocycles. The number of amides is 1. The zero-order valence-electron chi connectivity index (χ0n) is 10.8. The molecule has 18 heavy (non-hydrogen) atoms. The second-order valence-electron chi connectivity index (χ2n) is 5.14. The molecule has 100 valence electrons. The number of ether oxygens (including phenoxy) is 2. The first-order chi connectivity index (χ1) is 8.47. The summed E-state index contributed by atoms with van der Waals surface area (Å²) in [5, 5.41) is 6.56. The fraction of sp³-hybridized carbons (Fsp3) is 0.727. The van der Waals surface area contributed by atoms with Crippen LogP contribution in [0.25, 0.3) is 0 Å². The molecule has 0 aromatic carbocycles. The summed E-state index contributed by atoms with van der Waals surface area (Å²) < 4.78 is 10.8. The van der Waals surface area contributed by atoms with E-state index >= 15 is 0 Å². The van der Waals surface area contributed by atoms with Crippen LogP contribution in [0.2, 0.25) is 0 Å². The lowest BCUT2D eigenvalue weighted by molar-refractivity contribution is -0.0350. The quantitative estimate of drug-likeness (QED) is 0.812. The number of H-pyrrole nitrogens is 1. The van der Waals surface area contributed by atoms with E-state index in [4.69, 9.17) is 9.47 Å². The average molecular weight is 254 g/mol. The Morgan fingerprint density at radius 1 is 1.61 bits per heavy atom. The number of nitrogens with zero attached hydrogens (tertiary/aromatic N) is 3. The van der Waals surface area contributed by atoms with Gasteiger partial charge in [-0.2, -0.15) is 5.10 Å². The van der Waals surface area contributed by atoms with E-state index in [1.54, 1.807) is 4.90 Å². The van der Waals surface area contributed by atoms with Gasteiger partial charge in [-0.25, -0.2) is 9.78 Å². The number of aromatic nitrogens is 3. The zero-order chi connectivity index (χ0) is 13.2. The monoisotopic (exact) mass is 254 g/mol. The van der Waals surface area contributed by atoms with Crippen LogP contribution < -0.4 is 0 Å². The average Bonchev–Trinajstić information content (AvgIpc) is 2.80. The van der Waals surface area contributed by atoms with E-state index in [9.17, 15) is 4.79 Å². The summed E-state index contributed by atoms with van der Waals surface area (Å²) in [6.07, 6.45) is 1.06. The number of hydrogen-bond donors (Lipinski definition) is 1. The summed E-state index contributed by atoms with van der Waals surface area (Å²) >= 11 is 0. The van der Waals surface area contributed by atoms with E-state index in [0.29, 0.717) is 25.6 Å². The molecule has 1 atom stereocenters. The Kier molecular flexibility index (Phi) is 3.51. The Labute approximate surface area is 105 Å². The fourth-order valence-electron chi connectivity index (χ4n) is 1.74. The van der Waals surface area contributed by atoms with Crippen molar-refractivity contribution >= 4 is 6.09 Å². The van der Waals surface area contributed by atoms with Crippen molar-refractivity contribution in [3.8, 4) is 0 Å². The minimum atomic E-state index is -0.513. The lowest BCUT2D eigenvalue weighted by Crippen LogP contribution is -2.46. The van der Waals surface area contributed by atoms with E-state index in [1.807, 2.05) is 20.8 Å². The van der Waals surface area contributed by atoms with Crippen molar-refractivity contribution in [1.82, 2.24) is 20.1 Å². The van der Waals surface area contributed by atoms with Crippen molar-refractivity contribution in [2.45, 2.75) is 32.4 Å². The van der Waals surface area contributed by atoms with Crippen molar-refractivity contribution < 1.29 is 14.3 Å². The molecule has 2 heterocycles. The van der Waals surface area contributed by atoms with Gasteiger partial charge in [0.15, 0.2) is 0 Å². The van der Waals surface area contributed by atoms with Gasteiger partial charge in [0, 0.05) is 6.54 Å². The largest absolute Gasteiger partial charge is 0.444 e. The van der Waals surface area contributed by atoms with Crippen LogP contribution in [-0.2, 0) is 9.47 Å². The molecule has 1 amide bonds. The molecule has 0 saturated carbocycles. The number of rotatable bonds is 1. The highest BCUT2D eigenvalue weighted by molar-refractivity contribution is 5.68. The van der Waals surface area contributed by atoms with Crippen molar-refractivity contribution in [3.63, 3.8) is 0 Å². The molecule has 0 bridgehead atoms. The highest BCUT2D eigenvalue weighted by atomic mass is 16.6. The molecule has 0 spiro atoms. The van der Waals surface area contributed by atoms with Crippen LogP contribution >= 0.6 is 0 Å². The Morgan fingerprint density at radius 2 is 2.39 bits per heavy atom. The first-order valence-electron chi connectivity index (χ1n) is 5.90. The Balaban J connectivity index is 2.11. The van der Waals surface area contributed by atoms with Crippen molar-refractivity contribution in [3.05, 3.63) is 12.2 Å². The zero-order valence-corrected chi connectivity index (χ0v) is 10.8. The predicted molar refractivity (Wildman–Crippen MR) is 62.9 cm³/mol. The van der Waals surface area contributed by atoms with Gasteiger partial charge in [0.1, 0.15) is 23.8 Å². The van der Waals surface area contributed by atoms with Crippen LogP contribution in [0.4, 0.5) is 4.79 Å². The van der Waals surface area contributed by atoms with Gasteiger partial charge in [0.25, 0.3) is 0 Å². The van der Waals surface area contributed by atoms with Gasteiger partial charge in [-0.1, -0.05) is 0 Å². The smallest absolute Gasteiger partial charge is 0.411 e. The first kappa shape index (κ1) is 12.8. The van der Waals surface area contributed by atoms with E-state index in [-0.39, 0.29) is 12.1 Å². The molecule has 2 rings (SSSR count).